The van der Waals surface area contributed by atoms with Crippen LogP contribution in [0.3, 0.4) is 0 Å². The van der Waals surface area contributed by atoms with Crippen LogP contribution in [0.15, 0.2) is 24.3 Å². The quantitative estimate of drug-likeness (QED) is 0.808. The molecule has 1 amide bonds. The number of ether oxygens (including phenoxy) is 1. The van der Waals surface area contributed by atoms with Crippen molar-refractivity contribution < 1.29 is 19.4 Å². The molecule has 1 aliphatic heterocycles. The average Bonchev–Trinajstić information content (AvgIpc) is 2.44. The van der Waals surface area contributed by atoms with Crippen LogP contribution in [0.5, 0.6) is 0 Å². The maximum atomic E-state index is 12.2. The molecule has 0 saturated carbocycles. The zero-order valence-corrected chi connectivity index (χ0v) is 10.8. The SMILES string of the molecule is CCN(CCO)C(=O)C1Cc2ccccc2C(=O)O1. The van der Waals surface area contributed by atoms with Crippen molar-refractivity contribution in [1.82, 2.24) is 4.90 Å². The topological polar surface area (TPSA) is 66.8 Å². The minimum atomic E-state index is -0.783. The van der Waals surface area contributed by atoms with Gasteiger partial charge in [-0.15, -0.1) is 0 Å². The summed E-state index contributed by atoms with van der Waals surface area (Å²) < 4.78 is 5.19. The van der Waals surface area contributed by atoms with Gasteiger partial charge >= 0.3 is 5.97 Å². The molecular formula is C14H17NO4. The van der Waals surface area contributed by atoms with Gasteiger partial charge in [0.1, 0.15) is 0 Å². The van der Waals surface area contributed by atoms with E-state index >= 15 is 0 Å². The molecule has 0 bridgehead atoms. The molecule has 0 saturated heterocycles. The van der Waals surface area contributed by atoms with Crippen LogP contribution in [-0.4, -0.2) is 47.7 Å². The maximum absolute atomic E-state index is 12.2. The number of esters is 1. The Morgan fingerprint density at radius 2 is 2.21 bits per heavy atom. The number of likely N-dealkylation sites (N-methyl/N-ethyl adjacent to an activating group) is 1. The molecule has 0 aliphatic carbocycles. The highest BCUT2D eigenvalue weighted by Crippen LogP contribution is 2.21. The molecular weight excluding hydrogens is 246 g/mol. The number of carbonyl (C=O) groups is 2. The van der Waals surface area contributed by atoms with Gasteiger partial charge in [0, 0.05) is 19.5 Å². The molecule has 102 valence electrons. The summed E-state index contributed by atoms with van der Waals surface area (Å²) in [7, 11) is 0. The summed E-state index contributed by atoms with van der Waals surface area (Å²) in [5.41, 5.74) is 1.36. The minimum Gasteiger partial charge on any atom is -0.448 e. The van der Waals surface area contributed by atoms with E-state index in [1.54, 1.807) is 12.1 Å². The molecule has 1 aromatic carbocycles. The number of amides is 1. The van der Waals surface area contributed by atoms with Crippen molar-refractivity contribution >= 4 is 11.9 Å². The summed E-state index contributed by atoms with van der Waals surface area (Å²) in [5, 5.41) is 8.92. The van der Waals surface area contributed by atoms with Gasteiger partial charge in [0.15, 0.2) is 6.10 Å². The average molecular weight is 263 g/mol. The van der Waals surface area contributed by atoms with Gasteiger partial charge in [-0.1, -0.05) is 18.2 Å². The van der Waals surface area contributed by atoms with Gasteiger partial charge in [-0.3, -0.25) is 4.79 Å². The van der Waals surface area contributed by atoms with Gasteiger partial charge < -0.3 is 14.7 Å². The van der Waals surface area contributed by atoms with Crippen molar-refractivity contribution in [3.05, 3.63) is 35.4 Å². The lowest BCUT2D eigenvalue weighted by Crippen LogP contribution is -2.45. The van der Waals surface area contributed by atoms with Gasteiger partial charge in [-0.2, -0.15) is 0 Å². The van der Waals surface area contributed by atoms with Crippen LogP contribution >= 0.6 is 0 Å². The molecule has 0 spiro atoms. The van der Waals surface area contributed by atoms with Crippen molar-refractivity contribution in [3.8, 4) is 0 Å². The molecule has 1 N–H and O–H groups in total. The molecule has 1 aliphatic rings. The van der Waals surface area contributed by atoms with Crippen LogP contribution in [0.2, 0.25) is 0 Å². The van der Waals surface area contributed by atoms with Crippen LogP contribution in [0.1, 0.15) is 22.8 Å². The van der Waals surface area contributed by atoms with E-state index in [1.165, 1.54) is 4.90 Å². The predicted octanol–water partition coefficient (Wildman–Crippen LogP) is 0.609. The second-order valence-electron chi connectivity index (χ2n) is 4.40. The largest absolute Gasteiger partial charge is 0.448 e. The Labute approximate surface area is 111 Å². The zero-order chi connectivity index (χ0) is 13.8. The van der Waals surface area contributed by atoms with Crippen LogP contribution in [0.4, 0.5) is 0 Å². The van der Waals surface area contributed by atoms with E-state index in [0.29, 0.717) is 18.5 Å². The summed E-state index contributed by atoms with van der Waals surface area (Å²) in [6.45, 7) is 2.46. The molecule has 1 unspecified atom stereocenters. The van der Waals surface area contributed by atoms with Crippen LogP contribution in [-0.2, 0) is 16.0 Å². The van der Waals surface area contributed by atoms with E-state index in [4.69, 9.17) is 9.84 Å². The molecule has 5 heteroatoms. The Kier molecular flexibility index (Phi) is 4.16. The standard InChI is InChI=1S/C14H17NO4/c1-2-15(7-8-16)13(17)12-9-10-5-3-4-6-11(10)14(18)19-12/h3-6,12,16H,2,7-9H2,1H3. The number of cyclic esters (lactones) is 1. The van der Waals surface area contributed by atoms with Gasteiger partial charge in [0.05, 0.1) is 12.2 Å². The molecule has 0 radical (unpaired) electrons. The third-order valence-corrected chi connectivity index (χ3v) is 3.23. The molecule has 1 aromatic rings. The summed E-state index contributed by atoms with van der Waals surface area (Å²) in [6, 6.07) is 7.14. The van der Waals surface area contributed by atoms with E-state index in [-0.39, 0.29) is 19.1 Å². The number of rotatable bonds is 4. The molecule has 0 aromatic heterocycles. The van der Waals surface area contributed by atoms with E-state index in [1.807, 2.05) is 19.1 Å². The third-order valence-electron chi connectivity index (χ3n) is 3.23. The summed E-state index contributed by atoms with van der Waals surface area (Å²) in [5.74, 6) is -0.709. The lowest BCUT2D eigenvalue weighted by Gasteiger charge is -2.28. The van der Waals surface area contributed by atoms with Gasteiger partial charge in [-0.25, -0.2) is 4.79 Å². The number of carbonyl (C=O) groups excluding carboxylic acids is 2. The fourth-order valence-corrected chi connectivity index (χ4v) is 2.22. The second-order valence-corrected chi connectivity index (χ2v) is 4.40. The highest BCUT2D eigenvalue weighted by Gasteiger charge is 2.33. The van der Waals surface area contributed by atoms with Gasteiger partial charge in [-0.05, 0) is 18.6 Å². The number of benzene rings is 1. The first-order chi connectivity index (χ1) is 9.17. The Morgan fingerprint density at radius 3 is 2.89 bits per heavy atom. The van der Waals surface area contributed by atoms with Gasteiger partial charge in [0.2, 0.25) is 0 Å². The van der Waals surface area contributed by atoms with E-state index < -0.39 is 12.1 Å². The molecule has 2 rings (SSSR count). The number of hydrogen-bond acceptors (Lipinski definition) is 4. The van der Waals surface area contributed by atoms with Crippen molar-refractivity contribution in [2.45, 2.75) is 19.4 Å². The fraction of sp³-hybridized carbons (Fsp3) is 0.429. The first-order valence-corrected chi connectivity index (χ1v) is 6.36. The highest BCUT2D eigenvalue weighted by atomic mass is 16.5. The van der Waals surface area contributed by atoms with Crippen molar-refractivity contribution in [2.75, 3.05) is 19.7 Å². The molecule has 1 heterocycles. The monoisotopic (exact) mass is 263 g/mol. The van der Waals surface area contributed by atoms with Crippen LogP contribution in [0.25, 0.3) is 0 Å². The lowest BCUT2D eigenvalue weighted by atomic mass is 9.98. The number of aliphatic hydroxyl groups excluding tert-OH is 1. The van der Waals surface area contributed by atoms with Crippen LogP contribution < -0.4 is 0 Å². The summed E-state index contributed by atoms with van der Waals surface area (Å²) >= 11 is 0. The highest BCUT2D eigenvalue weighted by molar-refractivity contribution is 5.95. The number of fused-ring (bicyclic) bond motifs is 1. The number of nitrogens with zero attached hydrogens (tertiary/aromatic N) is 1. The predicted molar refractivity (Wildman–Crippen MR) is 68.7 cm³/mol. The van der Waals surface area contributed by atoms with E-state index in [0.717, 1.165) is 5.56 Å². The van der Waals surface area contributed by atoms with E-state index in [9.17, 15) is 9.59 Å². The zero-order valence-electron chi connectivity index (χ0n) is 10.8. The Balaban J connectivity index is 2.16. The molecule has 1 atom stereocenters. The van der Waals surface area contributed by atoms with Gasteiger partial charge in [0.25, 0.3) is 5.91 Å². The van der Waals surface area contributed by atoms with Crippen LogP contribution in [0, 0.1) is 0 Å². The summed E-state index contributed by atoms with van der Waals surface area (Å²) in [6.07, 6.45) is -0.392. The fourth-order valence-electron chi connectivity index (χ4n) is 2.22. The third kappa shape index (κ3) is 2.76. The first kappa shape index (κ1) is 13.5. The maximum Gasteiger partial charge on any atom is 0.339 e. The number of aliphatic hydroxyl groups is 1. The Hall–Kier alpha value is -1.88. The number of hydrogen-bond donors (Lipinski definition) is 1. The smallest absolute Gasteiger partial charge is 0.339 e. The molecule has 19 heavy (non-hydrogen) atoms. The van der Waals surface area contributed by atoms with Crippen molar-refractivity contribution in [1.29, 1.82) is 0 Å². The second kappa shape index (κ2) is 5.84. The normalized spacial score (nSPS) is 17.6. The van der Waals surface area contributed by atoms with E-state index in [2.05, 4.69) is 0 Å². The summed E-state index contributed by atoms with van der Waals surface area (Å²) in [4.78, 5) is 25.5. The Morgan fingerprint density at radius 1 is 1.47 bits per heavy atom. The minimum absolute atomic E-state index is 0.100. The van der Waals surface area contributed by atoms with Crippen molar-refractivity contribution in [2.24, 2.45) is 0 Å². The molecule has 5 nitrogen and oxygen atoms in total. The first-order valence-electron chi connectivity index (χ1n) is 6.36. The van der Waals surface area contributed by atoms with Crippen molar-refractivity contribution in [3.63, 3.8) is 0 Å². The Bertz CT molecular complexity index is 486. The molecule has 0 fully saturated rings. The lowest BCUT2D eigenvalue weighted by molar-refractivity contribution is -0.141.